The number of carbonyl (C=O) groups excluding carboxylic acids is 2. The Kier molecular flexibility index (Phi) is 6.26. The number of aryl methyl sites for hydroxylation is 1. The van der Waals surface area contributed by atoms with Gasteiger partial charge in [-0.2, -0.15) is 10.1 Å². The minimum atomic E-state index is -0.786. The Morgan fingerprint density at radius 3 is 2.54 bits per heavy atom. The van der Waals surface area contributed by atoms with Crippen LogP contribution in [0.15, 0.2) is 81.4 Å². The van der Waals surface area contributed by atoms with Crippen LogP contribution in [0, 0.1) is 5.82 Å². The third-order valence-corrected chi connectivity index (χ3v) is 6.39. The molecule has 1 aliphatic rings. The van der Waals surface area contributed by atoms with Crippen LogP contribution in [0.1, 0.15) is 37.7 Å². The molecule has 3 aromatic heterocycles. The first kappa shape index (κ1) is 25.5. The lowest BCUT2D eigenvalue weighted by Gasteiger charge is -2.10. The smallest absolute Gasteiger partial charge is 0.408 e. The Morgan fingerprint density at radius 1 is 1.05 bits per heavy atom. The lowest BCUT2D eigenvalue weighted by Crippen LogP contribution is -2.28. The van der Waals surface area contributed by atoms with Gasteiger partial charge < -0.3 is 19.9 Å². The summed E-state index contributed by atoms with van der Waals surface area (Å²) >= 11 is 0. The fourth-order valence-corrected chi connectivity index (χ4v) is 4.22. The van der Waals surface area contributed by atoms with Crippen molar-refractivity contribution in [2.24, 2.45) is 12.0 Å². The number of fused-ring (bicyclic) bond motifs is 2. The number of hydroxylamine groups is 1. The summed E-state index contributed by atoms with van der Waals surface area (Å²) in [6, 6.07) is 13.5. The van der Waals surface area contributed by atoms with Crippen LogP contribution in [0.4, 0.5) is 4.39 Å². The fourth-order valence-electron chi connectivity index (χ4n) is 4.22. The van der Waals surface area contributed by atoms with Gasteiger partial charge in [-0.05, 0) is 29.8 Å². The number of aromatic nitrogens is 4. The van der Waals surface area contributed by atoms with Gasteiger partial charge in [-0.3, -0.25) is 14.2 Å². The molecule has 0 radical (unpaired) electrons. The standard InChI is InChI=1S/C27H21FN8O5/c1-14-32-23(34-41-14)17-6-3-15(4-7-17)11-30-26(38)21-10-19(33-24-18(28)13-31-36(21)24)25(37)29-12-16-5-8-22-20(9-16)35(2)27(39)40-22/h3-10,13H,1,11-12H2,2H3,(H,29,37)(H,30,38)(H,32,34). The summed E-state index contributed by atoms with van der Waals surface area (Å²) in [6.07, 6.45) is 0.919. The fraction of sp³-hybridized carbons (Fsp3) is 0.111. The van der Waals surface area contributed by atoms with Crippen LogP contribution in [0.3, 0.4) is 0 Å². The summed E-state index contributed by atoms with van der Waals surface area (Å²) in [5, 5.41) is 9.36. The Hall–Kier alpha value is -5.79. The average molecular weight is 557 g/mol. The molecule has 14 heteroatoms. The van der Waals surface area contributed by atoms with Crippen molar-refractivity contribution in [3.05, 3.63) is 112 Å². The molecule has 206 valence electrons. The first-order valence-corrected chi connectivity index (χ1v) is 12.3. The molecule has 0 saturated heterocycles. The lowest BCUT2D eigenvalue weighted by molar-refractivity contribution is 0.0942. The monoisotopic (exact) mass is 556 g/mol. The number of halogens is 1. The molecule has 2 aromatic carbocycles. The number of rotatable bonds is 7. The zero-order valence-corrected chi connectivity index (χ0v) is 21.5. The number of oxazole rings is 1. The molecule has 1 aliphatic heterocycles. The number of hydrogen-bond acceptors (Lipinski definition) is 9. The molecule has 0 unspecified atom stereocenters. The third-order valence-electron chi connectivity index (χ3n) is 6.39. The predicted molar refractivity (Wildman–Crippen MR) is 143 cm³/mol. The highest BCUT2D eigenvalue weighted by Crippen LogP contribution is 2.16. The van der Waals surface area contributed by atoms with Crippen molar-refractivity contribution in [2.45, 2.75) is 13.1 Å². The Labute approximate surface area is 229 Å². The van der Waals surface area contributed by atoms with Crippen LogP contribution in [0.25, 0.3) is 16.7 Å². The summed E-state index contributed by atoms with van der Waals surface area (Å²) in [7, 11) is 1.58. The molecule has 4 heterocycles. The van der Waals surface area contributed by atoms with E-state index in [4.69, 9.17) is 9.25 Å². The summed E-state index contributed by atoms with van der Waals surface area (Å²) < 4.78 is 21.9. The van der Waals surface area contributed by atoms with E-state index in [2.05, 4.69) is 37.8 Å². The van der Waals surface area contributed by atoms with E-state index in [-0.39, 0.29) is 36.0 Å². The molecule has 0 saturated carbocycles. The highest BCUT2D eigenvalue weighted by molar-refractivity contribution is 6.00. The minimum absolute atomic E-state index is 0.0735. The third kappa shape index (κ3) is 4.89. The van der Waals surface area contributed by atoms with Crippen molar-refractivity contribution >= 4 is 34.4 Å². The Balaban J connectivity index is 1.18. The van der Waals surface area contributed by atoms with Gasteiger partial charge in [-0.15, -0.1) is 0 Å². The van der Waals surface area contributed by atoms with Crippen LogP contribution >= 0.6 is 0 Å². The van der Waals surface area contributed by atoms with Crippen molar-refractivity contribution in [2.75, 3.05) is 0 Å². The number of amides is 2. The number of amidine groups is 1. The van der Waals surface area contributed by atoms with Gasteiger partial charge in [0.15, 0.2) is 22.9 Å². The van der Waals surface area contributed by atoms with E-state index in [1.165, 1.54) is 10.6 Å². The van der Waals surface area contributed by atoms with Gasteiger partial charge in [-0.25, -0.2) is 24.2 Å². The normalized spacial score (nSPS) is 12.7. The number of aliphatic imine (C=N–C) groups is 1. The molecular formula is C27H21FN8O5. The number of nitrogens with one attached hydrogen (secondary N) is 3. The Morgan fingerprint density at radius 2 is 1.78 bits per heavy atom. The van der Waals surface area contributed by atoms with E-state index < -0.39 is 23.4 Å². The molecular weight excluding hydrogens is 535 g/mol. The topological polar surface area (TPSA) is 157 Å². The molecule has 0 spiro atoms. The van der Waals surface area contributed by atoms with E-state index in [9.17, 15) is 18.8 Å². The first-order chi connectivity index (χ1) is 19.8. The number of hydrogen-bond donors (Lipinski definition) is 3. The van der Waals surface area contributed by atoms with Crippen molar-refractivity contribution in [1.82, 2.24) is 35.3 Å². The molecule has 41 heavy (non-hydrogen) atoms. The van der Waals surface area contributed by atoms with Gasteiger partial charge in [0, 0.05) is 31.8 Å². The minimum Gasteiger partial charge on any atom is -0.408 e. The van der Waals surface area contributed by atoms with Crippen LogP contribution in [0.5, 0.6) is 0 Å². The zero-order chi connectivity index (χ0) is 28.7. The molecule has 13 nitrogen and oxygen atoms in total. The first-order valence-electron chi connectivity index (χ1n) is 12.3. The molecule has 0 atom stereocenters. The molecule has 3 N–H and O–H groups in total. The van der Waals surface area contributed by atoms with E-state index in [0.717, 1.165) is 21.8 Å². The van der Waals surface area contributed by atoms with E-state index >= 15 is 0 Å². The average Bonchev–Trinajstić information content (AvgIpc) is 3.67. The number of carbonyl (C=O) groups is 2. The zero-order valence-electron chi connectivity index (χ0n) is 21.5. The molecule has 2 amide bonds. The largest absolute Gasteiger partial charge is 0.419 e. The summed E-state index contributed by atoms with van der Waals surface area (Å²) in [5.41, 5.74) is 5.38. The number of nitrogens with zero attached hydrogens (tertiary/aromatic N) is 5. The maximum Gasteiger partial charge on any atom is 0.419 e. The van der Waals surface area contributed by atoms with Crippen molar-refractivity contribution in [3.63, 3.8) is 0 Å². The Bertz CT molecular complexity index is 1950. The van der Waals surface area contributed by atoms with Crippen molar-refractivity contribution in [1.29, 1.82) is 0 Å². The number of benzene rings is 2. The summed E-state index contributed by atoms with van der Waals surface area (Å²) in [5.74, 6) is -1.73. The molecule has 0 aliphatic carbocycles. The second-order valence-electron chi connectivity index (χ2n) is 9.10. The van der Waals surface area contributed by atoms with Crippen LogP contribution in [-0.4, -0.2) is 36.8 Å². The SMILES string of the molecule is C=C1N=C(c2ccc(CNC(=O)c3cc(C(=O)NCc4ccc5oc(=O)n(C)c5c4)nc4c(F)cnn34)cc2)NO1. The quantitative estimate of drug-likeness (QED) is 0.275. The summed E-state index contributed by atoms with van der Waals surface area (Å²) in [4.78, 5) is 51.0. The summed E-state index contributed by atoms with van der Waals surface area (Å²) in [6.45, 7) is 3.84. The second kappa shape index (κ2) is 10.1. The molecule has 0 fully saturated rings. The lowest BCUT2D eigenvalue weighted by atomic mass is 10.1. The van der Waals surface area contributed by atoms with E-state index in [1.807, 2.05) is 0 Å². The van der Waals surface area contributed by atoms with Gasteiger partial charge >= 0.3 is 5.76 Å². The maximum absolute atomic E-state index is 14.4. The van der Waals surface area contributed by atoms with Gasteiger partial charge in [-0.1, -0.05) is 30.3 Å². The molecule has 0 bridgehead atoms. The van der Waals surface area contributed by atoms with Crippen molar-refractivity contribution in [3.8, 4) is 0 Å². The van der Waals surface area contributed by atoms with Crippen molar-refractivity contribution < 1.29 is 23.2 Å². The van der Waals surface area contributed by atoms with Gasteiger partial charge in [0.1, 0.15) is 11.4 Å². The highest BCUT2D eigenvalue weighted by atomic mass is 19.1. The predicted octanol–water partition coefficient (Wildman–Crippen LogP) is 1.93. The second-order valence-corrected chi connectivity index (χ2v) is 9.10. The van der Waals surface area contributed by atoms with E-state index in [0.29, 0.717) is 22.5 Å². The van der Waals surface area contributed by atoms with Gasteiger partial charge in [0.25, 0.3) is 11.8 Å². The van der Waals surface area contributed by atoms with Gasteiger partial charge in [0.2, 0.25) is 5.88 Å². The van der Waals surface area contributed by atoms with Crippen LogP contribution in [0.2, 0.25) is 0 Å². The maximum atomic E-state index is 14.4. The molecule has 6 rings (SSSR count). The van der Waals surface area contributed by atoms with Crippen LogP contribution < -0.4 is 21.9 Å². The van der Waals surface area contributed by atoms with Gasteiger partial charge in [0.05, 0.1) is 11.7 Å². The van der Waals surface area contributed by atoms with E-state index in [1.54, 1.807) is 49.5 Å². The highest BCUT2D eigenvalue weighted by Gasteiger charge is 2.20. The molecule has 5 aromatic rings. The van der Waals surface area contributed by atoms with Crippen LogP contribution in [-0.2, 0) is 25.0 Å².